The molecule has 174 valence electrons. The molecule has 0 unspecified atom stereocenters. The van der Waals surface area contributed by atoms with Gasteiger partial charge in [0.05, 0.1) is 34.3 Å². The first kappa shape index (κ1) is 24.6. The molecule has 2 aromatic carbocycles. The zero-order valence-electron chi connectivity index (χ0n) is 17.9. The van der Waals surface area contributed by atoms with Gasteiger partial charge in [-0.3, -0.25) is 9.59 Å². The van der Waals surface area contributed by atoms with Gasteiger partial charge in [-0.15, -0.1) is 13.2 Å². The number of hydrogen-bond donors (Lipinski definition) is 1. The van der Waals surface area contributed by atoms with Crippen LogP contribution in [0.25, 0.3) is 0 Å². The Morgan fingerprint density at radius 1 is 0.938 bits per heavy atom. The number of hydrogen-bond acceptors (Lipinski definition) is 6. The molecule has 0 saturated heterocycles. The number of nitrogens with zero attached hydrogens (tertiary/aromatic N) is 1. The molecule has 2 rings (SSSR count). The van der Waals surface area contributed by atoms with Crippen LogP contribution >= 0.6 is 0 Å². The van der Waals surface area contributed by atoms with E-state index in [1.165, 1.54) is 45.4 Å². The van der Waals surface area contributed by atoms with Gasteiger partial charge in [0.1, 0.15) is 5.75 Å². The second kappa shape index (κ2) is 10.6. The predicted octanol–water partition coefficient (Wildman–Crippen LogP) is 3.25. The highest BCUT2D eigenvalue weighted by Crippen LogP contribution is 2.40. The standard InChI is InChI=1S/C21H23F3N2O6/c1-26(12-17(27)25-14-6-8-15(9-7-14)32-21(22,23)24)18(28)11-13-5-10-16(29-2)20(31-4)19(13)30-3/h5-10H,11-12H2,1-4H3,(H,25,27). The van der Waals surface area contributed by atoms with Crippen molar-refractivity contribution in [1.82, 2.24) is 4.90 Å². The molecule has 0 aliphatic rings. The maximum absolute atomic E-state index is 12.6. The highest BCUT2D eigenvalue weighted by molar-refractivity contribution is 5.94. The quantitative estimate of drug-likeness (QED) is 0.624. The number of amides is 2. The molecular weight excluding hydrogens is 433 g/mol. The van der Waals surface area contributed by atoms with Gasteiger partial charge < -0.3 is 29.2 Å². The van der Waals surface area contributed by atoms with Gasteiger partial charge in [-0.25, -0.2) is 0 Å². The van der Waals surface area contributed by atoms with Crippen LogP contribution in [-0.4, -0.2) is 58.0 Å². The van der Waals surface area contributed by atoms with Crippen LogP contribution in [0.5, 0.6) is 23.0 Å². The third-order valence-electron chi connectivity index (χ3n) is 4.31. The number of ether oxygens (including phenoxy) is 4. The summed E-state index contributed by atoms with van der Waals surface area (Å²) in [5.41, 5.74) is 0.801. The van der Waals surface area contributed by atoms with E-state index in [1.54, 1.807) is 12.1 Å². The minimum atomic E-state index is -4.80. The van der Waals surface area contributed by atoms with Crippen molar-refractivity contribution in [3.63, 3.8) is 0 Å². The molecule has 0 atom stereocenters. The molecule has 0 saturated carbocycles. The van der Waals surface area contributed by atoms with E-state index in [9.17, 15) is 22.8 Å². The van der Waals surface area contributed by atoms with Crippen molar-refractivity contribution < 1.29 is 41.7 Å². The fourth-order valence-electron chi connectivity index (χ4n) is 2.84. The Bertz CT molecular complexity index is 948. The summed E-state index contributed by atoms with van der Waals surface area (Å²) < 4.78 is 56.2. The number of rotatable bonds is 9. The zero-order chi connectivity index (χ0) is 23.9. The van der Waals surface area contributed by atoms with Crippen LogP contribution in [0.1, 0.15) is 5.56 Å². The van der Waals surface area contributed by atoms with E-state index >= 15 is 0 Å². The lowest BCUT2D eigenvalue weighted by Gasteiger charge is -2.19. The number of alkyl halides is 3. The van der Waals surface area contributed by atoms with E-state index in [0.717, 1.165) is 12.1 Å². The number of methoxy groups -OCH3 is 3. The number of likely N-dealkylation sites (N-methyl/N-ethyl adjacent to an activating group) is 1. The van der Waals surface area contributed by atoms with Crippen molar-refractivity contribution in [3.8, 4) is 23.0 Å². The lowest BCUT2D eigenvalue weighted by molar-refractivity contribution is -0.274. The molecule has 11 heteroatoms. The van der Waals surface area contributed by atoms with Gasteiger partial charge >= 0.3 is 6.36 Å². The predicted molar refractivity (Wildman–Crippen MR) is 109 cm³/mol. The van der Waals surface area contributed by atoms with Crippen molar-refractivity contribution in [1.29, 1.82) is 0 Å². The third-order valence-corrected chi connectivity index (χ3v) is 4.31. The van der Waals surface area contributed by atoms with Crippen LogP contribution in [0, 0.1) is 0 Å². The van der Waals surface area contributed by atoms with Gasteiger partial charge in [0.25, 0.3) is 0 Å². The van der Waals surface area contributed by atoms with Gasteiger partial charge in [-0.2, -0.15) is 0 Å². The summed E-state index contributed by atoms with van der Waals surface area (Å²) in [6.07, 6.45) is -4.86. The topological polar surface area (TPSA) is 86.3 Å². The smallest absolute Gasteiger partial charge is 0.493 e. The minimum Gasteiger partial charge on any atom is -0.493 e. The summed E-state index contributed by atoms with van der Waals surface area (Å²) in [7, 11) is 5.82. The van der Waals surface area contributed by atoms with Crippen molar-refractivity contribution in [2.75, 3.05) is 40.2 Å². The maximum atomic E-state index is 12.6. The monoisotopic (exact) mass is 456 g/mol. The number of carbonyl (C=O) groups excluding carboxylic acids is 2. The zero-order valence-corrected chi connectivity index (χ0v) is 17.9. The van der Waals surface area contributed by atoms with Crippen molar-refractivity contribution in [2.24, 2.45) is 0 Å². The van der Waals surface area contributed by atoms with Gasteiger partial charge in [-0.1, -0.05) is 6.07 Å². The molecule has 0 aromatic heterocycles. The SMILES string of the molecule is COc1ccc(CC(=O)N(C)CC(=O)Nc2ccc(OC(F)(F)F)cc2)c(OC)c1OC. The van der Waals surface area contributed by atoms with Gasteiger partial charge in [0.2, 0.25) is 17.6 Å². The third kappa shape index (κ3) is 6.69. The normalized spacial score (nSPS) is 10.8. The fourth-order valence-corrected chi connectivity index (χ4v) is 2.84. The van der Waals surface area contributed by atoms with Crippen LogP contribution in [0.2, 0.25) is 0 Å². The second-order valence-electron chi connectivity index (χ2n) is 6.54. The van der Waals surface area contributed by atoms with Crippen LogP contribution in [0.15, 0.2) is 36.4 Å². The van der Waals surface area contributed by atoms with Crippen molar-refractivity contribution in [3.05, 3.63) is 42.0 Å². The van der Waals surface area contributed by atoms with Gasteiger partial charge in [0, 0.05) is 18.3 Å². The molecule has 0 radical (unpaired) electrons. The molecular formula is C21H23F3N2O6. The Morgan fingerprint density at radius 2 is 1.56 bits per heavy atom. The summed E-state index contributed by atoms with van der Waals surface area (Å²) in [5, 5.41) is 2.51. The number of benzene rings is 2. The number of anilines is 1. The summed E-state index contributed by atoms with van der Waals surface area (Å²) in [6.45, 7) is -0.269. The molecule has 8 nitrogen and oxygen atoms in total. The number of carbonyl (C=O) groups is 2. The van der Waals surface area contributed by atoms with E-state index in [4.69, 9.17) is 14.2 Å². The second-order valence-corrected chi connectivity index (χ2v) is 6.54. The van der Waals surface area contributed by atoms with Crippen LogP contribution in [0.4, 0.5) is 18.9 Å². The maximum Gasteiger partial charge on any atom is 0.573 e. The van der Waals surface area contributed by atoms with E-state index in [-0.39, 0.29) is 24.6 Å². The Labute approximate surface area is 182 Å². The van der Waals surface area contributed by atoms with Crippen LogP contribution < -0.4 is 24.3 Å². The molecule has 1 N–H and O–H groups in total. The number of halogens is 3. The first-order chi connectivity index (χ1) is 15.1. The molecule has 0 bridgehead atoms. The van der Waals surface area contributed by atoms with E-state index in [0.29, 0.717) is 22.8 Å². The summed E-state index contributed by atoms with van der Waals surface area (Å²) in [6, 6.07) is 7.96. The molecule has 32 heavy (non-hydrogen) atoms. The molecule has 0 heterocycles. The lowest BCUT2D eigenvalue weighted by atomic mass is 10.1. The Kier molecular flexibility index (Phi) is 8.16. The van der Waals surface area contributed by atoms with E-state index < -0.39 is 18.0 Å². The highest BCUT2D eigenvalue weighted by atomic mass is 19.4. The van der Waals surface area contributed by atoms with Crippen molar-refractivity contribution >= 4 is 17.5 Å². The van der Waals surface area contributed by atoms with Gasteiger partial charge in [0.15, 0.2) is 11.5 Å². The van der Waals surface area contributed by atoms with Crippen LogP contribution in [0.3, 0.4) is 0 Å². The molecule has 0 aliphatic carbocycles. The fraction of sp³-hybridized carbons (Fsp3) is 0.333. The van der Waals surface area contributed by atoms with E-state index in [1.807, 2.05) is 0 Å². The summed E-state index contributed by atoms with van der Waals surface area (Å²) >= 11 is 0. The first-order valence-electron chi connectivity index (χ1n) is 9.25. The molecule has 0 spiro atoms. The molecule has 2 amide bonds. The highest BCUT2D eigenvalue weighted by Gasteiger charge is 2.31. The summed E-state index contributed by atoms with van der Waals surface area (Å²) in [5.74, 6) is -0.159. The Morgan fingerprint density at radius 3 is 2.09 bits per heavy atom. The summed E-state index contributed by atoms with van der Waals surface area (Å²) in [4.78, 5) is 26.0. The Hall–Kier alpha value is -3.63. The molecule has 0 aliphatic heterocycles. The molecule has 2 aromatic rings. The average molecular weight is 456 g/mol. The lowest BCUT2D eigenvalue weighted by Crippen LogP contribution is -2.35. The Balaban J connectivity index is 1.98. The first-order valence-corrected chi connectivity index (χ1v) is 9.25. The largest absolute Gasteiger partial charge is 0.573 e. The molecule has 0 fully saturated rings. The minimum absolute atomic E-state index is 0.0587. The van der Waals surface area contributed by atoms with Crippen molar-refractivity contribution in [2.45, 2.75) is 12.8 Å². The number of nitrogens with one attached hydrogen (secondary N) is 1. The van der Waals surface area contributed by atoms with Gasteiger partial charge in [-0.05, 0) is 30.3 Å². The van der Waals surface area contributed by atoms with Crippen LogP contribution in [-0.2, 0) is 16.0 Å². The average Bonchev–Trinajstić information content (AvgIpc) is 2.73. The van der Waals surface area contributed by atoms with E-state index in [2.05, 4.69) is 10.1 Å².